The third kappa shape index (κ3) is 2.14. The molecule has 0 radical (unpaired) electrons. The highest BCUT2D eigenvalue weighted by Crippen LogP contribution is 2.24. The summed E-state index contributed by atoms with van der Waals surface area (Å²) in [5, 5.41) is 18.7. The van der Waals surface area contributed by atoms with E-state index in [9.17, 15) is 14.7 Å². The van der Waals surface area contributed by atoms with Crippen molar-refractivity contribution in [3.05, 3.63) is 29.3 Å². The number of β-amino-alcohol motifs (C(OH)–C–C–N with tert-alkyl or cyclic N) is 1. The lowest BCUT2D eigenvalue weighted by atomic mass is 10.1. The minimum Gasteiger partial charge on any atom is -0.480 e. The number of hydrogen-bond acceptors (Lipinski definition) is 5. The number of carbonyl (C=O) groups is 2. The van der Waals surface area contributed by atoms with Crippen LogP contribution in [0.25, 0.3) is 10.2 Å². The maximum Gasteiger partial charge on any atom is 0.326 e. The van der Waals surface area contributed by atoms with Crippen LogP contribution in [0.2, 0.25) is 0 Å². The predicted octanol–water partition coefficient (Wildman–Crippen LogP) is 0.956. The topological polar surface area (TPSA) is 90.7 Å². The van der Waals surface area contributed by atoms with E-state index in [2.05, 4.69) is 4.98 Å². The van der Waals surface area contributed by atoms with E-state index in [4.69, 9.17) is 5.11 Å². The number of aliphatic hydroxyl groups excluding tert-OH is 1. The van der Waals surface area contributed by atoms with Crippen molar-refractivity contribution in [3.63, 3.8) is 0 Å². The molecule has 3 rings (SSSR count). The van der Waals surface area contributed by atoms with Crippen LogP contribution in [0.1, 0.15) is 16.8 Å². The van der Waals surface area contributed by atoms with Crippen LogP contribution in [-0.2, 0) is 4.79 Å². The van der Waals surface area contributed by atoms with Gasteiger partial charge in [-0.1, -0.05) is 0 Å². The number of carbonyl (C=O) groups excluding carboxylic acids is 1. The number of carboxylic acids is 1. The highest BCUT2D eigenvalue weighted by molar-refractivity contribution is 7.16. The van der Waals surface area contributed by atoms with Crippen LogP contribution in [0.4, 0.5) is 0 Å². The molecule has 20 heavy (non-hydrogen) atoms. The number of aliphatic carboxylic acids is 1. The summed E-state index contributed by atoms with van der Waals surface area (Å²) in [6.45, 7) is 0.0521. The number of fused-ring (bicyclic) bond motifs is 1. The first-order chi connectivity index (χ1) is 9.56. The number of benzene rings is 1. The maximum absolute atomic E-state index is 12.4. The average molecular weight is 292 g/mol. The fourth-order valence-electron chi connectivity index (χ4n) is 2.43. The number of amides is 1. The fraction of sp³-hybridized carbons (Fsp3) is 0.308. The zero-order chi connectivity index (χ0) is 14.3. The second-order valence-corrected chi connectivity index (χ2v) is 5.62. The molecule has 104 valence electrons. The van der Waals surface area contributed by atoms with Gasteiger partial charge in [-0.15, -0.1) is 11.3 Å². The molecule has 1 aromatic heterocycles. The molecule has 0 unspecified atom stereocenters. The molecule has 1 aromatic carbocycles. The van der Waals surface area contributed by atoms with Crippen molar-refractivity contribution in [1.82, 2.24) is 9.88 Å². The Bertz CT molecular complexity index is 684. The summed E-state index contributed by atoms with van der Waals surface area (Å²) in [7, 11) is 0. The van der Waals surface area contributed by atoms with Gasteiger partial charge in [0.15, 0.2) is 0 Å². The quantitative estimate of drug-likeness (QED) is 0.860. The van der Waals surface area contributed by atoms with Gasteiger partial charge in [0.05, 0.1) is 21.8 Å². The van der Waals surface area contributed by atoms with Crippen molar-refractivity contribution < 1.29 is 19.8 Å². The van der Waals surface area contributed by atoms with Gasteiger partial charge in [0.25, 0.3) is 5.91 Å². The molecule has 1 fully saturated rings. The zero-order valence-electron chi connectivity index (χ0n) is 10.4. The van der Waals surface area contributed by atoms with Gasteiger partial charge in [-0.3, -0.25) is 4.79 Å². The van der Waals surface area contributed by atoms with Crippen molar-refractivity contribution in [2.75, 3.05) is 6.54 Å². The minimum atomic E-state index is -1.09. The van der Waals surface area contributed by atoms with Gasteiger partial charge in [0.1, 0.15) is 6.04 Å². The van der Waals surface area contributed by atoms with Gasteiger partial charge in [0.2, 0.25) is 0 Å². The molecule has 0 saturated carbocycles. The smallest absolute Gasteiger partial charge is 0.326 e. The lowest BCUT2D eigenvalue weighted by Gasteiger charge is -2.21. The van der Waals surface area contributed by atoms with Crippen LogP contribution >= 0.6 is 11.3 Å². The number of aromatic nitrogens is 1. The normalized spacial score (nSPS) is 22.4. The Hall–Kier alpha value is -1.99. The number of thiazole rings is 1. The molecule has 2 N–H and O–H groups in total. The summed E-state index contributed by atoms with van der Waals surface area (Å²) in [6.07, 6.45) is -0.712. The van der Waals surface area contributed by atoms with Crippen molar-refractivity contribution in [2.24, 2.45) is 0 Å². The monoisotopic (exact) mass is 292 g/mol. The minimum absolute atomic E-state index is 0.0521. The molecule has 2 atom stereocenters. The molecule has 1 aliphatic rings. The number of carboxylic acid groups (broad SMARTS) is 1. The Kier molecular flexibility index (Phi) is 3.15. The van der Waals surface area contributed by atoms with E-state index in [0.29, 0.717) is 5.56 Å². The largest absolute Gasteiger partial charge is 0.480 e. The SMILES string of the molecule is O=C(O)[C@@H]1C[C@H](O)CN1C(=O)c1ccc2ncsc2c1. The van der Waals surface area contributed by atoms with Crippen LogP contribution in [-0.4, -0.2) is 50.7 Å². The first-order valence-electron chi connectivity index (χ1n) is 6.11. The molecule has 1 amide bonds. The Balaban J connectivity index is 1.92. The van der Waals surface area contributed by atoms with Crippen molar-refractivity contribution in [2.45, 2.75) is 18.6 Å². The van der Waals surface area contributed by atoms with Crippen molar-refractivity contribution >= 4 is 33.4 Å². The summed E-state index contributed by atoms with van der Waals surface area (Å²) >= 11 is 1.42. The molecular formula is C13H12N2O4S. The van der Waals surface area contributed by atoms with E-state index in [1.807, 2.05) is 0 Å². The highest BCUT2D eigenvalue weighted by atomic mass is 32.1. The first-order valence-corrected chi connectivity index (χ1v) is 6.99. The first kappa shape index (κ1) is 13.0. The van der Waals surface area contributed by atoms with Crippen LogP contribution in [0, 0.1) is 0 Å². The molecular weight excluding hydrogens is 280 g/mol. The van der Waals surface area contributed by atoms with Crippen LogP contribution in [0.5, 0.6) is 0 Å². The van der Waals surface area contributed by atoms with Crippen molar-refractivity contribution in [3.8, 4) is 0 Å². The summed E-state index contributed by atoms with van der Waals surface area (Å²) in [5.41, 5.74) is 2.92. The zero-order valence-corrected chi connectivity index (χ0v) is 11.2. The Labute approximate surface area is 118 Å². The maximum atomic E-state index is 12.4. The number of likely N-dealkylation sites (tertiary alicyclic amines) is 1. The van der Waals surface area contributed by atoms with Gasteiger partial charge in [-0.25, -0.2) is 9.78 Å². The number of rotatable bonds is 2. The van der Waals surface area contributed by atoms with Crippen LogP contribution < -0.4 is 0 Å². The molecule has 2 aromatic rings. The molecule has 0 spiro atoms. The third-order valence-corrected chi connectivity index (χ3v) is 4.19. The Morgan fingerprint density at radius 3 is 2.95 bits per heavy atom. The van der Waals surface area contributed by atoms with Gasteiger partial charge in [-0.2, -0.15) is 0 Å². The van der Waals surface area contributed by atoms with Gasteiger partial charge < -0.3 is 15.1 Å². The van der Waals surface area contributed by atoms with E-state index in [0.717, 1.165) is 10.2 Å². The van der Waals surface area contributed by atoms with E-state index in [1.165, 1.54) is 16.2 Å². The number of nitrogens with zero attached hydrogens (tertiary/aromatic N) is 2. The third-order valence-electron chi connectivity index (χ3n) is 3.40. The summed E-state index contributed by atoms with van der Waals surface area (Å²) in [5.74, 6) is -1.46. The number of hydrogen-bond donors (Lipinski definition) is 2. The average Bonchev–Trinajstić information content (AvgIpc) is 3.02. The van der Waals surface area contributed by atoms with E-state index in [1.54, 1.807) is 23.7 Å². The van der Waals surface area contributed by atoms with E-state index in [-0.39, 0.29) is 18.9 Å². The number of aliphatic hydroxyl groups is 1. The second kappa shape index (κ2) is 4.84. The summed E-state index contributed by atoms with van der Waals surface area (Å²) < 4.78 is 0.877. The van der Waals surface area contributed by atoms with Crippen LogP contribution in [0.3, 0.4) is 0 Å². The lowest BCUT2D eigenvalue weighted by molar-refractivity contribution is -0.141. The molecule has 0 bridgehead atoms. The second-order valence-electron chi connectivity index (χ2n) is 4.74. The molecule has 2 heterocycles. The highest BCUT2D eigenvalue weighted by Gasteiger charge is 2.39. The van der Waals surface area contributed by atoms with Crippen LogP contribution in [0.15, 0.2) is 23.7 Å². The van der Waals surface area contributed by atoms with Gasteiger partial charge in [0, 0.05) is 18.5 Å². The lowest BCUT2D eigenvalue weighted by Crippen LogP contribution is -2.40. The molecule has 1 aliphatic heterocycles. The Morgan fingerprint density at radius 1 is 1.40 bits per heavy atom. The fourth-order valence-corrected chi connectivity index (χ4v) is 3.14. The van der Waals surface area contributed by atoms with E-state index >= 15 is 0 Å². The molecule has 6 nitrogen and oxygen atoms in total. The standard InChI is InChI=1S/C13H12N2O4S/c16-8-4-10(13(18)19)15(5-8)12(17)7-1-2-9-11(3-7)20-6-14-9/h1-3,6,8,10,16H,4-5H2,(H,18,19)/t8-,10-/m0/s1. The molecule has 0 aliphatic carbocycles. The van der Waals surface area contributed by atoms with E-state index < -0.39 is 18.1 Å². The van der Waals surface area contributed by atoms with Gasteiger partial charge in [-0.05, 0) is 18.2 Å². The Morgan fingerprint density at radius 2 is 2.20 bits per heavy atom. The predicted molar refractivity (Wildman–Crippen MR) is 72.7 cm³/mol. The summed E-state index contributed by atoms with van der Waals surface area (Å²) in [4.78, 5) is 28.9. The molecule has 7 heteroatoms. The van der Waals surface area contributed by atoms with Gasteiger partial charge >= 0.3 is 5.97 Å². The molecule has 1 saturated heterocycles. The van der Waals surface area contributed by atoms with Crippen molar-refractivity contribution in [1.29, 1.82) is 0 Å². The summed E-state index contributed by atoms with van der Waals surface area (Å²) in [6, 6.07) is 4.11.